The molecule has 2 N–H and O–H groups in total. The number of carboxylic acid groups (broad SMARTS) is 1. The van der Waals surface area contributed by atoms with Crippen LogP contribution in [-0.4, -0.2) is 27.2 Å². The predicted octanol–water partition coefficient (Wildman–Crippen LogP) is 2.20. The number of hydrogen-bond donors (Lipinski definition) is 2. The van der Waals surface area contributed by atoms with Gasteiger partial charge in [0, 0.05) is 17.8 Å². The summed E-state index contributed by atoms with van der Waals surface area (Å²) in [6.45, 7) is 0. The minimum Gasteiger partial charge on any atom is -0.475 e. The number of fused-ring (bicyclic) bond motifs is 1. The van der Waals surface area contributed by atoms with E-state index in [1.165, 1.54) is 0 Å². The molecule has 2 rings (SSSR count). The quantitative estimate of drug-likeness (QED) is 0.731. The Morgan fingerprint density at radius 2 is 2.00 bits per heavy atom. The summed E-state index contributed by atoms with van der Waals surface area (Å²) >= 11 is 0. The van der Waals surface area contributed by atoms with Gasteiger partial charge in [-0.15, -0.1) is 0 Å². The fourth-order valence-electron chi connectivity index (χ4n) is 0.883. The third-order valence-electron chi connectivity index (χ3n) is 1.56. The van der Waals surface area contributed by atoms with Gasteiger partial charge in [-0.3, -0.25) is 0 Å². The van der Waals surface area contributed by atoms with Crippen LogP contribution in [0.25, 0.3) is 11.0 Å². The number of halogens is 3. The molecule has 0 saturated carbocycles. The highest BCUT2D eigenvalue weighted by Gasteiger charge is 2.38. The van der Waals surface area contributed by atoms with Crippen molar-refractivity contribution in [1.82, 2.24) is 9.97 Å². The summed E-state index contributed by atoms with van der Waals surface area (Å²) in [7, 11) is 0. The molecule has 86 valence electrons. The molecule has 16 heavy (non-hydrogen) atoms. The fourth-order valence-corrected chi connectivity index (χ4v) is 0.883. The first-order chi connectivity index (χ1) is 7.41. The van der Waals surface area contributed by atoms with Gasteiger partial charge < -0.3 is 10.1 Å². The Balaban J connectivity index is 0.000000168. The maximum absolute atomic E-state index is 10.6. The van der Waals surface area contributed by atoms with Crippen molar-refractivity contribution in [2.75, 3.05) is 0 Å². The van der Waals surface area contributed by atoms with Gasteiger partial charge in [-0.25, -0.2) is 9.78 Å². The molecule has 2 aromatic heterocycles. The van der Waals surface area contributed by atoms with Crippen molar-refractivity contribution in [3.8, 4) is 0 Å². The third-order valence-corrected chi connectivity index (χ3v) is 1.56. The lowest BCUT2D eigenvalue weighted by Crippen LogP contribution is -2.21. The second kappa shape index (κ2) is 4.65. The molecule has 2 heterocycles. The summed E-state index contributed by atoms with van der Waals surface area (Å²) in [4.78, 5) is 16.0. The molecule has 0 radical (unpaired) electrons. The Morgan fingerprint density at radius 3 is 2.50 bits per heavy atom. The third kappa shape index (κ3) is 3.26. The van der Waals surface area contributed by atoms with Gasteiger partial charge in [0.25, 0.3) is 0 Å². The number of rotatable bonds is 0. The van der Waals surface area contributed by atoms with E-state index in [0.717, 1.165) is 11.0 Å². The molecule has 4 nitrogen and oxygen atoms in total. The number of pyridine rings is 1. The van der Waals surface area contributed by atoms with Gasteiger partial charge in [0.2, 0.25) is 0 Å². The van der Waals surface area contributed by atoms with Gasteiger partial charge in [0.05, 0.1) is 0 Å². The van der Waals surface area contributed by atoms with E-state index in [-0.39, 0.29) is 0 Å². The molecule has 2 aromatic rings. The second-order valence-electron chi connectivity index (χ2n) is 2.72. The number of alkyl halides is 3. The molecule has 0 bridgehead atoms. The number of aliphatic carboxylic acids is 1. The molecule has 0 saturated heterocycles. The van der Waals surface area contributed by atoms with Crippen LogP contribution in [0.15, 0.2) is 30.6 Å². The maximum Gasteiger partial charge on any atom is 0.490 e. The maximum atomic E-state index is 10.6. The number of aromatic amines is 1. The SMILES string of the molecule is O=C(O)C(F)(F)F.c1cnc2[nH]ccc2c1. The van der Waals surface area contributed by atoms with E-state index in [1.54, 1.807) is 6.20 Å². The first-order valence-electron chi connectivity index (χ1n) is 4.09. The van der Waals surface area contributed by atoms with Gasteiger partial charge in [-0.2, -0.15) is 13.2 Å². The standard InChI is InChI=1S/C7H6N2.C2HF3O2/c1-2-6-3-5-9-7(6)8-4-1;3-2(4,5)1(6)7/h1-5H,(H,8,9);(H,6,7). The number of carboxylic acids is 1. The normalized spacial score (nSPS) is 10.7. The van der Waals surface area contributed by atoms with Gasteiger partial charge in [0.15, 0.2) is 0 Å². The van der Waals surface area contributed by atoms with Crippen LogP contribution in [0.3, 0.4) is 0 Å². The zero-order chi connectivity index (χ0) is 12.2. The summed E-state index contributed by atoms with van der Waals surface area (Å²) in [6, 6.07) is 5.96. The van der Waals surface area contributed by atoms with E-state index in [2.05, 4.69) is 9.97 Å². The van der Waals surface area contributed by atoms with Crippen molar-refractivity contribution in [3.05, 3.63) is 30.6 Å². The smallest absolute Gasteiger partial charge is 0.475 e. The lowest BCUT2D eigenvalue weighted by Gasteiger charge is -1.93. The average molecular weight is 232 g/mol. The van der Waals surface area contributed by atoms with E-state index in [0.29, 0.717) is 0 Å². The second-order valence-corrected chi connectivity index (χ2v) is 2.72. The minimum atomic E-state index is -5.08. The fraction of sp³-hybridized carbons (Fsp3) is 0.111. The minimum absolute atomic E-state index is 0.956. The topological polar surface area (TPSA) is 66.0 Å². The zero-order valence-electron chi connectivity index (χ0n) is 7.82. The van der Waals surface area contributed by atoms with Crippen LogP contribution in [0, 0.1) is 0 Å². The molecule has 0 atom stereocenters. The lowest BCUT2D eigenvalue weighted by molar-refractivity contribution is -0.192. The van der Waals surface area contributed by atoms with Crippen LogP contribution in [0.4, 0.5) is 13.2 Å². The van der Waals surface area contributed by atoms with E-state index in [4.69, 9.17) is 9.90 Å². The molecule has 0 fully saturated rings. The lowest BCUT2D eigenvalue weighted by atomic mass is 10.3. The number of carbonyl (C=O) groups is 1. The van der Waals surface area contributed by atoms with Crippen LogP contribution in [0.2, 0.25) is 0 Å². The van der Waals surface area contributed by atoms with Crippen LogP contribution >= 0.6 is 0 Å². The summed E-state index contributed by atoms with van der Waals surface area (Å²) in [5.41, 5.74) is 0.956. The van der Waals surface area contributed by atoms with E-state index in [9.17, 15) is 13.2 Å². The van der Waals surface area contributed by atoms with E-state index in [1.807, 2.05) is 24.4 Å². The summed E-state index contributed by atoms with van der Waals surface area (Å²) in [5, 5.41) is 8.29. The summed E-state index contributed by atoms with van der Waals surface area (Å²) in [6.07, 6.45) is -1.42. The predicted molar refractivity (Wildman–Crippen MR) is 49.8 cm³/mol. The molecule has 0 aliphatic heterocycles. The number of nitrogens with zero attached hydrogens (tertiary/aromatic N) is 1. The Bertz CT molecular complexity index is 449. The van der Waals surface area contributed by atoms with Gasteiger partial charge in [-0.05, 0) is 18.2 Å². The van der Waals surface area contributed by atoms with E-state index < -0.39 is 12.1 Å². The van der Waals surface area contributed by atoms with Gasteiger partial charge >= 0.3 is 12.1 Å². The van der Waals surface area contributed by atoms with Crippen LogP contribution in [0.5, 0.6) is 0 Å². The van der Waals surface area contributed by atoms with Crippen LogP contribution in [-0.2, 0) is 4.79 Å². The average Bonchev–Trinajstić information content (AvgIpc) is 2.64. The highest BCUT2D eigenvalue weighted by Crippen LogP contribution is 2.13. The monoisotopic (exact) mass is 232 g/mol. The van der Waals surface area contributed by atoms with Gasteiger partial charge in [0.1, 0.15) is 5.65 Å². The van der Waals surface area contributed by atoms with Crippen molar-refractivity contribution in [1.29, 1.82) is 0 Å². The van der Waals surface area contributed by atoms with E-state index >= 15 is 0 Å². The Labute approximate surface area is 87.7 Å². The molecule has 0 aliphatic rings. The van der Waals surface area contributed by atoms with Crippen LogP contribution in [0.1, 0.15) is 0 Å². The Hall–Kier alpha value is -2.05. The van der Waals surface area contributed by atoms with Crippen molar-refractivity contribution in [2.45, 2.75) is 6.18 Å². The first kappa shape index (κ1) is 12.0. The molecular formula is C9H7F3N2O2. The molecule has 0 amide bonds. The number of H-pyrrole nitrogens is 1. The largest absolute Gasteiger partial charge is 0.490 e. The zero-order valence-corrected chi connectivity index (χ0v) is 7.82. The Kier molecular flexibility index (Phi) is 3.49. The highest BCUT2D eigenvalue weighted by atomic mass is 19.4. The molecule has 0 aromatic carbocycles. The first-order valence-corrected chi connectivity index (χ1v) is 4.09. The number of nitrogens with one attached hydrogen (secondary N) is 1. The molecule has 0 unspecified atom stereocenters. The van der Waals surface area contributed by atoms with Gasteiger partial charge in [-0.1, -0.05) is 0 Å². The Morgan fingerprint density at radius 1 is 1.38 bits per heavy atom. The molecule has 0 spiro atoms. The number of hydrogen-bond acceptors (Lipinski definition) is 2. The van der Waals surface area contributed by atoms with Crippen molar-refractivity contribution >= 4 is 17.0 Å². The molecule has 0 aliphatic carbocycles. The van der Waals surface area contributed by atoms with Crippen molar-refractivity contribution < 1.29 is 23.1 Å². The molecular weight excluding hydrogens is 225 g/mol. The summed E-state index contributed by atoms with van der Waals surface area (Å²) in [5.74, 6) is -2.76. The number of aromatic nitrogens is 2. The highest BCUT2D eigenvalue weighted by molar-refractivity contribution is 5.74. The van der Waals surface area contributed by atoms with Crippen molar-refractivity contribution in [3.63, 3.8) is 0 Å². The molecule has 7 heteroatoms. The van der Waals surface area contributed by atoms with Crippen molar-refractivity contribution in [2.24, 2.45) is 0 Å². The summed E-state index contributed by atoms with van der Waals surface area (Å²) < 4.78 is 31.7. The van der Waals surface area contributed by atoms with Crippen LogP contribution < -0.4 is 0 Å².